The molecule has 1 fully saturated rings. The van der Waals surface area contributed by atoms with Crippen molar-refractivity contribution in [2.75, 3.05) is 13.1 Å². The van der Waals surface area contributed by atoms with Crippen molar-refractivity contribution in [1.29, 1.82) is 0 Å². The molecule has 0 aliphatic carbocycles. The van der Waals surface area contributed by atoms with E-state index in [1.54, 1.807) is 18.3 Å². The zero-order valence-electron chi connectivity index (χ0n) is 9.58. The first kappa shape index (κ1) is 11.2. The first-order valence-corrected chi connectivity index (χ1v) is 5.73. The van der Waals surface area contributed by atoms with Gasteiger partial charge < -0.3 is 15.1 Å². The zero-order valence-corrected chi connectivity index (χ0v) is 9.58. The van der Waals surface area contributed by atoms with Gasteiger partial charge in [0, 0.05) is 24.0 Å². The third-order valence-electron chi connectivity index (χ3n) is 3.24. The Kier molecular flexibility index (Phi) is 2.53. The van der Waals surface area contributed by atoms with Gasteiger partial charge in [-0.3, -0.25) is 9.89 Å². The van der Waals surface area contributed by atoms with Crippen molar-refractivity contribution in [3.05, 3.63) is 30.0 Å². The van der Waals surface area contributed by atoms with Crippen LogP contribution in [0.15, 0.2) is 24.4 Å². The summed E-state index contributed by atoms with van der Waals surface area (Å²) >= 11 is 0. The Labute approximate surface area is 103 Å². The molecule has 0 bridgehead atoms. The van der Waals surface area contributed by atoms with E-state index in [0.29, 0.717) is 5.56 Å². The molecule has 2 atom stereocenters. The van der Waals surface area contributed by atoms with Crippen LogP contribution in [-0.2, 0) is 0 Å². The SMILES string of the molecule is O=C(c1ccc2cn[nH]c2c1)N1CC(O)C(O)C1. The van der Waals surface area contributed by atoms with Crippen LogP contribution in [0.25, 0.3) is 10.9 Å². The van der Waals surface area contributed by atoms with Crippen molar-refractivity contribution in [2.45, 2.75) is 12.2 Å². The number of carbonyl (C=O) groups excluding carboxylic acids is 1. The minimum Gasteiger partial charge on any atom is -0.388 e. The van der Waals surface area contributed by atoms with E-state index in [-0.39, 0.29) is 19.0 Å². The van der Waals surface area contributed by atoms with Crippen LogP contribution in [0, 0.1) is 0 Å². The number of aromatic amines is 1. The summed E-state index contributed by atoms with van der Waals surface area (Å²) in [5, 5.41) is 26.5. The second-order valence-electron chi connectivity index (χ2n) is 4.52. The molecule has 1 aromatic carbocycles. The van der Waals surface area contributed by atoms with E-state index >= 15 is 0 Å². The number of hydrogen-bond donors (Lipinski definition) is 3. The summed E-state index contributed by atoms with van der Waals surface area (Å²) in [6, 6.07) is 5.26. The molecule has 94 valence electrons. The molecule has 6 nitrogen and oxygen atoms in total. The van der Waals surface area contributed by atoms with E-state index < -0.39 is 12.2 Å². The lowest BCUT2D eigenvalue weighted by molar-refractivity contribution is 0.0572. The molecule has 0 radical (unpaired) electrons. The number of nitrogens with zero attached hydrogens (tertiary/aromatic N) is 2. The highest BCUT2D eigenvalue weighted by molar-refractivity contribution is 5.97. The summed E-state index contributed by atoms with van der Waals surface area (Å²) in [6.45, 7) is 0.335. The fraction of sp³-hybridized carbons (Fsp3) is 0.333. The third-order valence-corrected chi connectivity index (χ3v) is 3.24. The van der Waals surface area contributed by atoms with Crippen molar-refractivity contribution in [1.82, 2.24) is 15.1 Å². The van der Waals surface area contributed by atoms with Crippen molar-refractivity contribution < 1.29 is 15.0 Å². The highest BCUT2D eigenvalue weighted by atomic mass is 16.3. The number of benzene rings is 1. The van der Waals surface area contributed by atoms with Gasteiger partial charge in [-0.15, -0.1) is 0 Å². The van der Waals surface area contributed by atoms with Crippen LogP contribution in [0.2, 0.25) is 0 Å². The summed E-state index contributed by atoms with van der Waals surface area (Å²) in [7, 11) is 0. The quantitative estimate of drug-likeness (QED) is 0.647. The van der Waals surface area contributed by atoms with E-state index in [0.717, 1.165) is 10.9 Å². The van der Waals surface area contributed by atoms with Gasteiger partial charge in [0.25, 0.3) is 5.91 Å². The van der Waals surface area contributed by atoms with Crippen LogP contribution >= 0.6 is 0 Å². The number of amides is 1. The van der Waals surface area contributed by atoms with Crippen LogP contribution < -0.4 is 0 Å². The maximum absolute atomic E-state index is 12.2. The lowest BCUT2D eigenvalue weighted by Crippen LogP contribution is -2.29. The van der Waals surface area contributed by atoms with Crippen LogP contribution in [0.4, 0.5) is 0 Å². The Balaban J connectivity index is 1.87. The Hall–Kier alpha value is -1.92. The summed E-state index contributed by atoms with van der Waals surface area (Å²) in [5.41, 5.74) is 1.31. The molecular weight excluding hydrogens is 234 g/mol. The van der Waals surface area contributed by atoms with Crippen molar-refractivity contribution in [3.63, 3.8) is 0 Å². The first-order chi connectivity index (χ1) is 8.65. The van der Waals surface area contributed by atoms with Gasteiger partial charge in [-0.05, 0) is 12.1 Å². The molecule has 2 aromatic rings. The molecule has 1 aliphatic rings. The molecule has 1 aliphatic heterocycles. The standard InChI is InChI=1S/C12H13N3O3/c16-10-5-15(6-11(10)17)12(18)7-1-2-8-4-13-14-9(8)3-7/h1-4,10-11,16-17H,5-6H2,(H,13,14). The summed E-state index contributed by atoms with van der Waals surface area (Å²) < 4.78 is 0. The first-order valence-electron chi connectivity index (χ1n) is 5.73. The lowest BCUT2D eigenvalue weighted by atomic mass is 10.1. The minimum absolute atomic E-state index is 0.168. The number of H-pyrrole nitrogens is 1. The molecule has 6 heteroatoms. The topological polar surface area (TPSA) is 89.5 Å². The zero-order chi connectivity index (χ0) is 12.7. The van der Waals surface area contributed by atoms with Crippen molar-refractivity contribution in [2.24, 2.45) is 0 Å². The summed E-state index contributed by atoms with van der Waals surface area (Å²) in [6.07, 6.45) is -0.0258. The number of nitrogens with one attached hydrogen (secondary N) is 1. The van der Waals surface area contributed by atoms with Crippen LogP contribution in [0.5, 0.6) is 0 Å². The number of fused-ring (bicyclic) bond motifs is 1. The Morgan fingerprint density at radius 3 is 2.78 bits per heavy atom. The highest BCUT2D eigenvalue weighted by Gasteiger charge is 2.32. The lowest BCUT2D eigenvalue weighted by Gasteiger charge is -2.15. The number of hydrogen-bond acceptors (Lipinski definition) is 4. The molecule has 0 saturated carbocycles. The maximum Gasteiger partial charge on any atom is 0.254 e. The Morgan fingerprint density at radius 2 is 2.06 bits per heavy atom. The van der Waals surface area contributed by atoms with Crippen molar-refractivity contribution >= 4 is 16.8 Å². The largest absolute Gasteiger partial charge is 0.388 e. The van der Waals surface area contributed by atoms with Crippen molar-refractivity contribution in [3.8, 4) is 0 Å². The van der Waals surface area contributed by atoms with E-state index in [1.807, 2.05) is 6.07 Å². The average molecular weight is 247 g/mol. The van der Waals surface area contributed by atoms with Gasteiger partial charge in [0.1, 0.15) is 0 Å². The van der Waals surface area contributed by atoms with Gasteiger partial charge in [-0.1, -0.05) is 6.07 Å². The smallest absolute Gasteiger partial charge is 0.254 e. The molecule has 2 heterocycles. The molecule has 1 saturated heterocycles. The molecule has 18 heavy (non-hydrogen) atoms. The molecule has 1 amide bonds. The summed E-state index contributed by atoms with van der Waals surface area (Å²) in [4.78, 5) is 13.6. The van der Waals surface area contributed by atoms with Crippen LogP contribution in [0.1, 0.15) is 10.4 Å². The predicted molar refractivity (Wildman–Crippen MR) is 64.0 cm³/mol. The van der Waals surface area contributed by atoms with Gasteiger partial charge in [-0.2, -0.15) is 5.10 Å². The van der Waals surface area contributed by atoms with E-state index in [2.05, 4.69) is 10.2 Å². The second-order valence-corrected chi connectivity index (χ2v) is 4.52. The van der Waals surface area contributed by atoms with Gasteiger partial charge in [0.05, 0.1) is 23.9 Å². The number of aliphatic hydroxyl groups excluding tert-OH is 2. The molecule has 2 unspecified atom stereocenters. The monoisotopic (exact) mass is 247 g/mol. The highest BCUT2D eigenvalue weighted by Crippen LogP contribution is 2.17. The van der Waals surface area contributed by atoms with E-state index in [9.17, 15) is 15.0 Å². The minimum atomic E-state index is -0.857. The number of carbonyl (C=O) groups is 1. The number of β-amino-alcohol motifs (C(OH)–C–C–N with tert-alkyl or cyclic N) is 2. The Bertz CT molecular complexity index is 585. The van der Waals surface area contributed by atoms with Crippen LogP contribution in [-0.4, -0.2) is 56.5 Å². The third kappa shape index (κ3) is 1.75. The number of rotatable bonds is 1. The van der Waals surface area contributed by atoms with Gasteiger partial charge in [-0.25, -0.2) is 0 Å². The maximum atomic E-state index is 12.2. The molecular formula is C12H13N3O3. The van der Waals surface area contributed by atoms with Gasteiger partial charge >= 0.3 is 0 Å². The number of likely N-dealkylation sites (tertiary alicyclic amines) is 1. The molecule has 3 rings (SSSR count). The predicted octanol–water partition coefficient (Wildman–Crippen LogP) is -0.259. The number of aliphatic hydroxyl groups is 2. The molecule has 3 N–H and O–H groups in total. The Morgan fingerprint density at radius 1 is 1.33 bits per heavy atom. The molecule has 1 aromatic heterocycles. The fourth-order valence-electron chi connectivity index (χ4n) is 2.19. The summed E-state index contributed by atoms with van der Waals surface area (Å²) in [5.74, 6) is -0.192. The normalized spacial score (nSPS) is 23.8. The number of aromatic nitrogens is 2. The van der Waals surface area contributed by atoms with E-state index in [1.165, 1.54) is 4.90 Å². The average Bonchev–Trinajstić information content (AvgIpc) is 2.95. The molecule has 0 spiro atoms. The second kappa shape index (κ2) is 4.08. The van der Waals surface area contributed by atoms with Gasteiger partial charge in [0.15, 0.2) is 0 Å². The van der Waals surface area contributed by atoms with Crippen LogP contribution in [0.3, 0.4) is 0 Å². The fourth-order valence-corrected chi connectivity index (χ4v) is 2.19. The van der Waals surface area contributed by atoms with E-state index in [4.69, 9.17) is 0 Å². The van der Waals surface area contributed by atoms with Gasteiger partial charge in [0.2, 0.25) is 0 Å².